The molecule has 7 nitrogen and oxygen atoms in total. The van der Waals surface area contributed by atoms with Crippen LogP contribution >= 0.6 is 113 Å². The summed E-state index contributed by atoms with van der Waals surface area (Å²) in [6.45, 7) is 0. The Morgan fingerprint density at radius 1 is 0.727 bits per heavy atom. The van der Waals surface area contributed by atoms with Crippen LogP contribution in [0.4, 0.5) is 0 Å². The van der Waals surface area contributed by atoms with Gasteiger partial charge in [-0.25, -0.2) is 18.0 Å². The van der Waals surface area contributed by atoms with Crippen molar-refractivity contribution in [1.82, 2.24) is 0 Å². The minimum atomic E-state index is -4.67. The van der Waals surface area contributed by atoms with Crippen molar-refractivity contribution in [3.63, 3.8) is 0 Å². The summed E-state index contributed by atoms with van der Waals surface area (Å²) in [5.41, 5.74) is 0.258. The molecule has 0 amide bonds. The summed E-state index contributed by atoms with van der Waals surface area (Å²) in [5, 5.41) is 0. The monoisotopic (exact) mass is 1030 g/mol. The second-order valence-corrected chi connectivity index (χ2v) is 13.4. The zero-order valence-corrected chi connectivity index (χ0v) is 27.4. The highest BCUT2D eigenvalue weighted by molar-refractivity contribution is 14.1. The molecule has 0 fully saturated rings. The average molecular weight is 1030 g/mol. The molecule has 0 aliphatic carbocycles. The Morgan fingerprint density at radius 2 is 1.21 bits per heavy atom. The summed E-state index contributed by atoms with van der Waals surface area (Å²) < 4.78 is 47.9. The molecule has 0 atom stereocenters. The van der Waals surface area contributed by atoms with E-state index in [2.05, 4.69) is 67.8 Å². The summed E-state index contributed by atoms with van der Waals surface area (Å²) >= 11 is 9.73. The zero-order chi connectivity index (χ0) is 24.5. The van der Waals surface area contributed by atoms with E-state index in [0.717, 1.165) is 10.7 Å². The van der Waals surface area contributed by atoms with E-state index in [1.165, 1.54) is 36.4 Å². The molecule has 3 aromatic rings. The van der Waals surface area contributed by atoms with Crippen LogP contribution in [0.2, 0.25) is 0 Å². The third-order valence-electron chi connectivity index (χ3n) is 3.92. The maximum Gasteiger partial charge on any atom is 0.343 e. The summed E-state index contributed by atoms with van der Waals surface area (Å²) in [5.74, 6) is -0.882. The molecule has 0 N–H and O–H groups in total. The van der Waals surface area contributed by atoms with Gasteiger partial charge in [-0.3, -0.25) is 0 Å². The molecule has 3 aromatic carbocycles. The van der Waals surface area contributed by atoms with E-state index in [1.807, 2.05) is 12.1 Å². The topological polar surface area (TPSA) is 110 Å². The van der Waals surface area contributed by atoms with Gasteiger partial charge in [-0.2, -0.15) is 0 Å². The molecule has 0 aliphatic rings. The van der Waals surface area contributed by atoms with Gasteiger partial charge in [-0.05, 0) is 155 Å². The number of carbonyl (C=O) groups is 2. The molecular weight excluding hydrogens is 1020 g/mol. The van der Waals surface area contributed by atoms with Gasteiger partial charge in [0, 0.05) is 10.7 Å². The first-order chi connectivity index (χ1) is 15.4. The van der Waals surface area contributed by atoms with Crippen LogP contribution in [0.3, 0.4) is 0 Å². The lowest BCUT2D eigenvalue weighted by atomic mass is 10.1. The van der Waals surface area contributed by atoms with Crippen molar-refractivity contribution in [3.05, 3.63) is 77.5 Å². The van der Waals surface area contributed by atoms with Crippen LogP contribution in [-0.4, -0.2) is 24.9 Å². The van der Waals surface area contributed by atoms with Crippen LogP contribution in [0.25, 0.3) is 0 Å². The van der Waals surface area contributed by atoms with Gasteiger partial charge < -0.3 is 14.0 Å². The van der Waals surface area contributed by atoms with Gasteiger partial charge in [0.15, 0.2) is 5.75 Å². The Hall–Kier alpha value is 0.160. The van der Waals surface area contributed by atoms with Gasteiger partial charge in [-0.1, -0.05) is 6.07 Å². The molecule has 0 heterocycles. The third kappa shape index (κ3) is 7.11. The second kappa shape index (κ2) is 11.5. The summed E-state index contributed by atoms with van der Waals surface area (Å²) in [7, 11) is -4.67. The van der Waals surface area contributed by atoms with Gasteiger partial charge >= 0.3 is 11.9 Å². The largest absolute Gasteiger partial charge is 0.744 e. The van der Waals surface area contributed by atoms with Crippen LogP contribution < -0.4 is 9.47 Å². The van der Waals surface area contributed by atoms with Crippen molar-refractivity contribution in [3.8, 4) is 11.5 Å². The van der Waals surface area contributed by atoms with E-state index in [0.29, 0.717) is 5.75 Å². The van der Waals surface area contributed by atoms with Crippen molar-refractivity contribution in [2.75, 3.05) is 0 Å². The van der Waals surface area contributed by atoms with E-state index >= 15 is 0 Å². The Bertz CT molecular complexity index is 1340. The minimum absolute atomic E-state index is 0.0668. The first-order valence-electron chi connectivity index (χ1n) is 8.50. The molecule has 0 saturated heterocycles. The summed E-state index contributed by atoms with van der Waals surface area (Å²) in [6.07, 6.45) is 0. The molecule has 33 heavy (non-hydrogen) atoms. The molecule has 172 valence electrons. The predicted molar refractivity (Wildman–Crippen MR) is 161 cm³/mol. The highest BCUT2D eigenvalue weighted by atomic mass is 127. The lowest BCUT2D eigenvalue weighted by molar-refractivity contribution is 0.0732. The molecular formula is C20H8I5O7S-. The number of halogens is 5. The number of rotatable bonds is 5. The number of ether oxygens (including phenoxy) is 2. The van der Waals surface area contributed by atoms with Crippen molar-refractivity contribution < 1.29 is 32.0 Å². The molecule has 0 aliphatic heterocycles. The maximum absolute atomic E-state index is 12.7. The van der Waals surface area contributed by atoms with E-state index in [4.69, 9.17) is 9.47 Å². The molecule has 0 unspecified atom stereocenters. The number of benzene rings is 3. The first kappa shape index (κ1) is 27.7. The van der Waals surface area contributed by atoms with Gasteiger partial charge in [0.25, 0.3) is 0 Å². The van der Waals surface area contributed by atoms with Gasteiger partial charge in [-0.15, -0.1) is 0 Å². The number of carbonyl (C=O) groups excluding carboxylic acids is 2. The highest BCUT2D eigenvalue weighted by Crippen LogP contribution is 2.31. The standard InChI is InChI=1S/C20H9I5O7S/c21-11-5-13(22)17(14(23)6-11)32-20(27)10-3-1-2-9(4-10)19(26)31-12-7-15(24)18(16(25)8-12)33(28,29)30/h1-8H,(H,28,29,30)/p-1. The van der Waals surface area contributed by atoms with E-state index in [9.17, 15) is 22.6 Å². The Kier molecular flexibility index (Phi) is 9.65. The molecule has 0 spiro atoms. The summed E-state index contributed by atoms with van der Waals surface area (Å²) in [6, 6.07) is 12.2. The average Bonchev–Trinajstić information content (AvgIpc) is 2.69. The summed E-state index contributed by atoms with van der Waals surface area (Å²) in [4.78, 5) is 25.0. The van der Waals surface area contributed by atoms with E-state index < -0.39 is 22.1 Å². The molecule has 0 radical (unpaired) electrons. The molecule has 3 rings (SSSR count). The van der Waals surface area contributed by atoms with E-state index in [-0.39, 0.29) is 28.9 Å². The number of hydrogen-bond donors (Lipinski definition) is 0. The molecule has 13 heteroatoms. The van der Waals surface area contributed by atoms with E-state index in [1.54, 1.807) is 45.2 Å². The molecule has 0 saturated carbocycles. The van der Waals surface area contributed by atoms with Crippen molar-refractivity contribution in [2.24, 2.45) is 0 Å². The van der Waals surface area contributed by atoms with Crippen LogP contribution in [0.5, 0.6) is 11.5 Å². The SMILES string of the molecule is O=C(Oc1cc(I)c(S(=O)(=O)[O-])c(I)c1)c1cccc(C(=O)Oc2c(I)cc(I)cc2I)c1. The van der Waals surface area contributed by atoms with Crippen LogP contribution in [-0.2, 0) is 10.1 Å². The second-order valence-electron chi connectivity index (χ2n) is 6.23. The number of hydrogen-bond acceptors (Lipinski definition) is 7. The van der Waals surface area contributed by atoms with Crippen LogP contribution in [0.15, 0.2) is 53.4 Å². The predicted octanol–water partition coefficient (Wildman–Crippen LogP) is 6.05. The Balaban J connectivity index is 1.82. The van der Waals surface area contributed by atoms with Crippen LogP contribution in [0, 0.1) is 17.9 Å². The fourth-order valence-electron chi connectivity index (χ4n) is 2.55. The van der Waals surface area contributed by atoms with Gasteiger partial charge in [0.05, 0.1) is 23.2 Å². The maximum atomic E-state index is 12.7. The Labute approximate surface area is 257 Å². The minimum Gasteiger partial charge on any atom is -0.744 e. The van der Waals surface area contributed by atoms with Crippen molar-refractivity contribution in [2.45, 2.75) is 4.90 Å². The van der Waals surface area contributed by atoms with Crippen molar-refractivity contribution in [1.29, 1.82) is 0 Å². The molecule has 0 bridgehead atoms. The fourth-order valence-corrected chi connectivity index (χ4v) is 10.3. The first-order valence-corrected chi connectivity index (χ1v) is 15.3. The number of esters is 2. The molecule has 0 aromatic heterocycles. The van der Waals surface area contributed by atoms with Gasteiger partial charge in [0.2, 0.25) is 0 Å². The lowest BCUT2D eigenvalue weighted by Gasteiger charge is -2.14. The lowest BCUT2D eigenvalue weighted by Crippen LogP contribution is -2.14. The smallest absolute Gasteiger partial charge is 0.343 e. The zero-order valence-electron chi connectivity index (χ0n) is 15.8. The van der Waals surface area contributed by atoms with Crippen LogP contribution in [0.1, 0.15) is 20.7 Å². The normalized spacial score (nSPS) is 11.2. The fraction of sp³-hybridized carbons (Fsp3) is 0. The quantitative estimate of drug-likeness (QED) is 0.133. The Morgan fingerprint density at radius 3 is 1.70 bits per heavy atom. The van der Waals surface area contributed by atoms with Crippen molar-refractivity contribution >= 4 is 135 Å². The van der Waals surface area contributed by atoms with Gasteiger partial charge in [0.1, 0.15) is 15.9 Å². The highest BCUT2D eigenvalue weighted by Gasteiger charge is 2.19. The third-order valence-corrected chi connectivity index (χ3v) is 9.52.